The molecule has 0 fully saturated rings. The van der Waals surface area contributed by atoms with Crippen LogP contribution in [-0.4, -0.2) is 36.5 Å². The topological polar surface area (TPSA) is 88.4 Å². The van der Waals surface area contributed by atoms with Crippen LogP contribution >= 0.6 is 27.3 Å². The summed E-state index contributed by atoms with van der Waals surface area (Å²) >= 11 is 4.77. The zero-order chi connectivity index (χ0) is 29.1. The Morgan fingerprint density at radius 3 is 2.48 bits per heavy atom. The van der Waals surface area contributed by atoms with Crippen molar-refractivity contribution in [3.05, 3.63) is 83.0 Å². The zero-order valence-electron chi connectivity index (χ0n) is 23.6. The SMILES string of the molecule is CCOC(=O)C1=C(C)N=c2s/c(=C\c3cc(Br)cc(OC)c3OC(C)C)c(=O)n2[C@@H]1c1ccccc1OC(C)C. The van der Waals surface area contributed by atoms with Crippen LogP contribution < -0.4 is 29.1 Å². The molecule has 0 N–H and O–H groups in total. The van der Waals surface area contributed by atoms with E-state index in [4.69, 9.17) is 18.9 Å². The molecule has 3 aromatic rings. The summed E-state index contributed by atoms with van der Waals surface area (Å²) in [5.74, 6) is 1.13. The number of esters is 1. The van der Waals surface area contributed by atoms with Gasteiger partial charge in [-0.25, -0.2) is 9.79 Å². The first-order chi connectivity index (χ1) is 19.0. The molecule has 0 saturated heterocycles. The van der Waals surface area contributed by atoms with E-state index in [2.05, 4.69) is 20.9 Å². The smallest absolute Gasteiger partial charge is 0.338 e. The molecular formula is C30H33BrN2O6S. The highest BCUT2D eigenvalue weighted by Gasteiger charge is 2.35. The number of hydrogen-bond acceptors (Lipinski definition) is 8. The van der Waals surface area contributed by atoms with Crippen molar-refractivity contribution in [3.63, 3.8) is 0 Å². The third-order valence-electron chi connectivity index (χ3n) is 6.00. The van der Waals surface area contributed by atoms with Crippen molar-refractivity contribution in [1.29, 1.82) is 0 Å². The van der Waals surface area contributed by atoms with Crippen molar-refractivity contribution in [2.24, 2.45) is 4.99 Å². The van der Waals surface area contributed by atoms with Gasteiger partial charge in [0.1, 0.15) is 11.8 Å². The number of fused-ring (bicyclic) bond motifs is 1. The van der Waals surface area contributed by atoms with Gasteiger partial charge < -0.3 is 18.9 Å². The fraction of sp³-hybridized carbons (Fsp3) is 0.367. The van der Waals surface area contributed by atoms with Gasteiger partial charge in [-0.1, -0.05) is 45.5 Å². The van der Waals surface area contributed by atoms with Crippen molar-refractivity contribution >= 4 is 39.3 Å². The molecule has 0 aliphatic carbocycles. The largest absolute Gasteiger partial charge is 0.493 e. The van der Waals surface area contributed by atoms with Gasteiger partial charge in [-0.05, 0) is 65.8 Å². The Labute approximate surface area is 245 Å². The van der Waals surface area contributed by atoms with Gasteiger partial charge in [-0.3, -0.25) is 9.36 Å². The number of halogens is 1. The Morgan fingerprint density at radius 1 is 1.12 bits per heavy atom. The molecule has 0 unspecified atom stereocenters. The number of ether oxygens (including phenoxy) is 4. The molecule has 10 heteroatoms. The van der Waals surface area contributed by atoms with Crippen LogP contribution in [0.15, 0.2) is 61.9 Å². The molecule has 4 rings (SSSR count). The standard InChI is InChI=1S/C30H33BrN2O6S/c1-8-37-29(35)25-18(6)32-30-33(26(25)21-11-9-10-12-22(21)38-16(2)3)28(34)24(40-30)14-19-13-20(31)15-23(36-7)27(19)39-17(4)5/h9-17,26H,8H2,1-7H3/b24-14-/t26-/m1/s1. The van der Waals surface area contributed by atoms with Crippen LogP contribution in [0.1, 0.15) is 58.7 Å². The van der Waals surface area contributed by atoms with Gasteiger partial charge in [0.25, 0.3) is 5.56 Å². The Kier molecular flexibility index (Phi) is 9.20. The number of nitrogens with zero attached hydrogens (tertiary/aromatic N) is 2. The molecule has 2 aromatic carbocycles. The second kappa shape index (κ2) is 12.4. The number of aromatic nitrogens is 1. The number of allylic oxidation sites excluding steroid dienone is 1. The molecule has 0 amide bonds. The number of carbonyl (C=O) groups excluding carboxylic acids is 1. The van der Waals surface area contributed by atoms with Gasteiger partial charge in [0.2, 0.25) is 0 Å². The van der Waals surface area contributed by atoms with Crippen LogP contribution in [0.2, 0.25) is 0 Å². The van der Waals surface area contributed by atoms with Crippen molar-refractivity contribution in [1.82, 2.24) is 4.57 Å². The van der Waals surface area contributed by atoms with Crippen molar-refractivity contribution in [2.45, 2.75) is 59.8 Å². The lowest BCUT2D eigenvalue weighted by Crippen LogP contribution is -2.40. The minimum absolute atomic E-state index is 0.112. The first kappa shape index (κ1) is 29.6. The number of rotatable bonds is 9. The first-order valence-electron chi connectivity index (χ1n) is 13.0. The summed E-state index contributed by atoms with van der Waals surface area (Å²) in [5.41, 5.74) is 1.84. The van der Waals surface area contributed by atoms with E-state index in [9.17, 15) is 9.59 Å². The van der Waals surface area contributed by atoms with Crippen molar-refractivity contribution in [2.75, 3.05) is 13.7 Å². The minimum Gasteiger partial charge on any atom is -0.493 e. The predicted octanol–water partition coefficient (Wildman–Crippen LogP) is 5.14. The number of hydrogen-bond donors (Lipinski definition) is 0. The maximum atomic E-state index is 14.1. The predicted molar refractivity (Wildman–Crippen MR) is 159 cm³/mol. The lowest BCUT2D eigenvalue weighted by Gasteiger charge is -2.26. The molecule has 0 radical (unpaired) electrons. The summed E-state index contributed by atoms with van der Waals surface area (Å²) in [6, 6.07) is 10.3. The van der Waals surface area contributed by atoms with Crippen molar-refractivity contribution in [3.8, 4) is 17.2 Å². The summed E-state index contributed by atoms with van der Waals surface area (Å²) in [4.78, 5) is 32.5. The molecule has 1 aliphatic rings. The second-order valence-electron chi connectivity index (χ2n) is 9.70. The van der Waals surface area contributed by atoms with Gasteiger partial charge >= 0.3 is 5.97 Å². The monoisotopic (exact) mass is 628 g/mol. The molecule has 8 nitrogen and oxygen atoms in total. The molecule has 40 heavy (non-hydrogen) atoms. The number of para-hydroxylation sites is 1. The maximum absolute atomic E-state index is 14.1. The fourth-order valence-electron chi connectivity index (χ4n) is 4.50. The first-order valence-corrected chi connectivity index (χ1v) is 14.7. The highest BCUT2D eigenvalue weighted by atomic mass is 79.9. The average Bonchev–Trinajstić information content (AvgIpc) is 3.18. The molecule has 1 aliphatic heterocycles. The van der Waals surface area contributed by atoms with Crippen LogP contribution in [0.4, 0.5) is 0 Å². The van der Waals surface area contributed by atoms with E-state index in [1.807, 2.05) is 64.1 Å². The van der Waals surface area contributed by atoms with Crippen LogP contribution in [0, 0.1) is 0 Å². The van der Waals surface area contributed by atoms with E-state index < -0.39 is 12.0 Å². The average molecular weight is 630 g/mol. The molecule has 2 heterocycles. The van der Waals surface area contributed by atoms with E-state index >= 15 is 0 Å². The van der Waals surface area contributed by atoms with Gasteiger partial charge in [-0.2, -0.15) is 0 Å². The summed E-state index contributed by atoms with van der Waals surface area (Å²) in [5, 5.41) is 0. The normalized spacial score (nSPS) is 15.2. The lowest BCUT2D eigenvalue weighted by molar-refractivity contribution is -0.139. The quantitative estimate of drug-likeness (QED) is 0.305. The van der Waals surface area contributed by atoms with Crippen LogP contribution in [0.3, 0.4) is 0 Å². The van der Waals surface area contributed by atoms with E-state index in [1.54, 1.807) is 31.6 Å². The fourth-order valence-corrected chi connectivity index (χ4v) is 6.00. The van der Waals surface area contributed by atoms with Crippen LogP contribution in [0.5, 0.6) is 17.2 Å². The molecule has 1 aromatic heterocycles. The van der Waals surface area contributed by atoms with Gasteiger partial charge in [0.15, 0.2) is 16.3 Å². The Bertz CT molecular complexity index is 1640. The number of carbonyl (C=O) groups is 1. The number of methoxy groups -OCH3 is 1. The number of thiazole rings is 1. The van der Waals surface area contributed by atoms with Crippen LogP contribution in [-0.2, 0) is 9.53 Å². The van der Waals surface area contributed by atoms with E-state index in [1.165, 1.54) is 11.3 Å². The molecule has 0 bridgehead atoms. The molecule has 0 saturated carbocycles. The molecular weight excluding hydrogens is 596 g/mol. The Hall–Kier alpha value is -3.37. The summed E-state index contributed by atoms with van der Waals surface area (Å²) < 4.78 is 25.9. The summed E-state index contributed by atoms with van der Waals surface area (Å²) in [7, 11) is 1.57. The molecule has 0 spiro atoms. The summed E-state index contributed by atoms with van der Waals surface area (Å²) in [6.45, 7) is 11.4. The van der Waals surface area contributed by atoms with Crippen LogP contribution in [0.25, 0.3) is 6.08 Å². The van der Waals surface area contributed by atoms with E-state index in [0.29, 0.717) is 49.0 Å². The Balaban J connectivity index is 2.01. The van der Waals surface area contributed by atoms with E-state index in [-0.39, 0.29) is 24.4 Å². The second-order valence-corrected chi connectivity index (χ2v) is 11.6. The molecule has 1 atom stereocenters. The van der Waals surface area contributed by atoms with E-state index in [0.717, 1.165) is 4.47 Å². The van der Waals surface area contributed by atoms with Gasteiger partial charge in [0, 0.05) is 15.6 Å². The van der Waals surface area contributed by atoms with Gasteiger partial charge in [-0.15, -0.1) is 0 Å². The maximum Gasteiger partial charge on any atom is 0.338 e. The third-order valence-corrected chi connectivity index (χ3v) is 7.44. The lowest BCUT2D eigenvalue weighted by atomic mass is 9.95. The Morgan fingerprint density at radius 2 is 1.82 bits per heavy atom. The highest BCUT2D eigenvalue weighted by Crippen LogP contribution is 2.37. The zero-order valence-corrected chi connectivity index (χ0v) is 26.0. The summed E-state index contributed by atoms with van der Waals surface area (Å²) in [6.07, 6.45) is 1.54. The third kappa shape index (κ3) is 6.02. The number of benzene rings is 2. The highest BCUT2D eigenvalue weighted by molar-refractivity contribution is 9.10. The van der Waals surface area contributed by atoms with Gasteiger partial charge in [0.05, 0.1) is 41.7 Å². The molecule has 212 valence electrons. The minimum atomic E-state index is -0.782. The van der Waals surface area contributed by atoms with Crippen molar-refractivity contribution < 1.29 is 23.7 Å².